The molecule has 5 heteroatoms. The molecule has 1 aromatic heterocycles. The van der Waals surface area contributed by atoms with Gasteiger partial charge in [0.25, 0.3) is 0 Å². The summed E-state index contributed by atoms with van der Waals surface area (Å²) in [6.45, 7) is 2.22. The number of halogens is 1. The van der Waals surface area contributed by atoms with Gasteiger partial charge >= 0.3 is 0 Å². The number of imidazole rings is 1. The molecule has 0 amide bonds. The summed E-state index contributed by atoms with van der Waals surface area (Å²) in [5.74, 6) is 0.891. The van der Waals surface area contributed by atoms with E-state index >= 15 is 0 Å². The summed E-state index contributed by atoms with van der Waals surface area (Å²) in [5, 5.41) is 6.68. The lowest BCUT2D eigenvalue weighted by Crippen LogP contribution is -2.35. The van der Waals surface area contributed by atoms with Gasteiger partial charge in [-0.25, -0.2) is 4.98 Å². The normalized spacial score (nSPS) is 17.8. The minimum Gasteiger partial charge on any atom is -0.353 e. The Kier molecular flexibility index (Phi) is 4.05. The summed E-state index contributed by atoms with van der Waals surface area (Å²) in [6.07, 6.45) is 5.97. The molecule has 3 N–H and O–H groups in total. The number of aromatic nitrogens is 2. The molecule has 4 nitrogen and oxygen atoms in total. The number of nitrogens with one attached hydrogen (secondary N) is 3. The van der Waals surface area contributed by atoms with E-state index in [4.69, 9.17) is 0 Å². The fraction of sp³-hybridized carbons (Fsp3) is 0.625. The fourth-order valence-electron chi connectivity index (χ4n) is 1.50. The second-order valence-corrected chi connectivity index (χ2v) is 3.11. The predicted molar refractivity (Wildman–Crippen MR) is 55.4 cm³/mol. The van der Waals surface area contributed by atoms with Crippen LogP contribution >= 0.6 is 12.4 Å². The van der Waals surface area contributed by atoms with Crippen LogP contribution in [0, 0.1) is 0 Å². The van der Waals surface area contributed by atoms with E-state index in [2.05, 4.69) is 20.6 Å². The number of nitrogens with zero attached hydrogens (tertiary/aromatic N) is 1. The number of rotatable bonds is 2. The highest BCUT2D eigenvalue weighted by Gasteiger charge is 2.12. The van der Waals surface area contributed by atoms with Crippen molar-refractivity contribution in [2.24, 2.45) is 0 Å². The van der Waals surface area contributed by atoms with Gasteiger partial charge in [0.1, 0.15) is 0 Å². The number of anilines is 1. The Hall–Kier alpha value is -0.740. The quantitative estimate of drug-likeness (QED) is 0.671. The van der Waals surface area contributed by atoms with E-state index in [1.165, 1.54) is 12.8 Å². The zero-order chi connectivity index (χ0) is 8.23. The van der Waals surface area contributed by atoms with E-state index in [9.17, 15) is 0 Å². The van der Waals surface area contributed by atoms with E-state index in [0.29, 0.717) is 6.04 Å². The first-order valence-electron chi connectivity index (χ1n) is 4.42. The first kappa shape index (κ1) is 10.3. The van der Waals surface area contributed by atoms with Crippen molar-refractivity contribution in [2.45, 2.75) is 18.9 Å². The van der Waals surface area contributed by atoms with E-state index in [-0.39, 0.29) is 12.4 Å². The summed E-state index contributed by atoms with van der Waals surface area (Å²) in [4.78, 5) is 7.17. The van der Waals surface area contributed by atoms with Crippen LogP contribution in [0.15, 0.2) is 12.4 Å². The molecule has 0 bridgehead atoms. The second kappa shape index (κ2) is 5.09. The maximum Gasteiger partial charge on any atom is 0.200 e. The topological polar surface area (TPSA) is 52.7 Å². The maximum absolute atomic E-state index is 4.12. The van der Waals surface area contributed by atoms with Crippen LogP contribution < -0.4 is 10.6 Å². The molecule has 1 saturated heterocycles. The van der Waals surface area contributed by atoms with Crippen LogP contribution in [-0.2, 0) is 0 Å². The van der Waals surface area contributed by atoms with Crippen molar-refractivity contribution in [1.82, 2.24) is 15.3 Å². The molecule has 0 spiro atoms. The summed E-state index contributed by atoms with van der Waals surface area (Å²) < 4.78 is 0. The fourth-order valence-corrected chi connectivity index (χ4v) is 1.50. The standard InChI is InChI=1S/C8H14N4.ClH/c1-3-9-4-2-7(1)12-8-10-5-6-11-8;/h5-7,9H,1-4H2,(H2,10,11,12);1H. The van der Waals surface area contributed by atoms with Crippen molar-refractivity contribution in [1.29, 1.82) is 0 Å². The van der Waals surface area contributed by atoms with Crippen LogP contribution in [0.1, 0.15) is 12.8 Å². The number of H-pyrrole nitrogens is 1. The lowest BCUT2D eigenvalue weighted by molar-refractivity contribution is 0.477. The molecule has 0 aliphatic carbocycles. The predicted octanol–water partition coefficient (Wildman–Crippen LogP) is 0.995. The SMILES string of the molecule is Cl.c1c[nH]c(NC2CCNCC2)n1. The van der Waals surface area contributed by atoms with Crippen LogP contribution in [-0.4, -0.2) is 29.1 Å². The molecule has 1 aromatic rings. The van der Waals surface area contributed by atoms with Gasteiger partial charge in [-0.1, -0.05) is 0 Å². The third-order valence-electron chi connectivity index (χ3n) is 2.18. The summed E-state index contributed by atoms with van der Waals surface area (Å²) in [5.41, 5.74) is 0. The average molecular weight is 203 g/mol. The zero-order valence-corrected chi connectivity index (χ0v) is 8.23. The summed E-state index contributed by atoms with van der Waals surface area (Å²) in [7, 11) is 0. The smallest absolute Gasteiger partial charge is 0.200 e. The summed E-state index contributed by atoms with van der Waals surface area (Å²) in [6, 6.07) is 0.581. The van der Waals surface area contributed by atoms with Crippen molar-refractivity contribution in [3.8, 4) is 0 Å². The molecule has 1 aliphatic rings. The van der Waals surface area contributed by atoms with Gasteiger partial charge in [0.05, 0.1) is 0 Å². The van der Waals surface area contributed by atoms with Crippen LogP contribution in [0.4, 0.5) is 5.95 Å². The van der Waals surface area contributed by atoms with Gasteiger partial charge < -0.3 is 15.6 Å². The highest BCUT2D eigenvalue weighted by molar-refractivity contribution is 5.85. The number of hydrogen-bond acceptors (Lipinski definition) is 3. The van der Waals surface area contributed by atoms with Gasteiger partial charge in [0.2, 0.25) is 0 Å². The zero-order valence-electron chi connectivity index (χ0n) is 7.42. The monoisotopic (exact) mass is 202 g/mol. The maximum atomic E-state index is 4.12. The third kappa shape index (κ3) is 2.90. The molecule has 2 rings (SSSR count). The van der Waals surface area contributed by atoms with E-state index in [1.807, 2.05) is 6.20 Å². The van der Waals surface area contributed by atoms with Crippen molar-refractivity contribution < 1.29 is 0 Å². The van der Waals surface area contributed by atoms with Crippen LogP contribution in [0.25, 0.3) is 0 Å². The van der Waals surface area contributed by atoms with E-state index in [1.54, 1.807) is 6.20 Å². The molecular formula is C8H15ClN4. The Morgan fingerprint density at radius 3 is 2.77 bits per heavy atom. The minimum atomic E-state index is 0. The molecule has 1 fully saturated rings. The molecule has 0 unspecified atom stereocenters. The molecule has 2 heterocycles. The van der Waals surface area contributed by atoms with Gasteiger partial charge in [-0.15, -0.1) is 12.4 Å². The molecule has 0 saturated carbocycles. The highest BCUT2D eigenvalue weighted by atomic mass is 35.5. The van der Waals surface area contributed by atoms with Crippen LogP contribution in [0.2, 0.25) is 0 Å². The third-order valence-corrected chi connectivity index (χ3v) is 2.18. The van der Waals surface area contributed by atoms with Gasteiger partial charge in [0.15, 0.2) is 5.95 Å². The first-order valence-corrected chi connectivity index (χ1v) is 4.42. The Labute approximate surface area is 83.9 Å². The molecule has 13 heavy (non-hydrogen) atoms. The second-order valence-electron chi connectivity index (χ2n) is 3.11. The molecule has 0 aromatic carbocycles. The Morgan fingerprint density at radius 1 is 1.38 bits per heavy atom. The highest BCUT2D eigenvalue weighted by Crippen LogP contribution is 2.07. The van der Waals surface area contributed by atoms with Gasteiger partial charge in [-0.3, -0.25) is 0 Å². The van der Waals surface area contributed by atoms with Gasteiger partial charge in [-0.05, 0) is 25.9 Å². The molecule has 0 atom stereocenters. The lowest BCUT2D eigenvalue weighted by atomic mass is 10.1. The molecule has 74 valence electrons. The van der Waals surface area contributed by atoms with E-state index < -0.39 is 0 Å². The Bertz CT molecular complexity index is 218. The molecule has 1 aliphatic heterocycles. The Balaban J connectivity index is 0.000000845. The Morgan fingerprint density at radius 2 is 2.15 bits per heavy atom. The van der Waals surface area contributed by atoms with E-state index in [0.717, 1.165) is 19.0 Å². The largest absolute Gasteiger partial charge is 0.353 e. The first-order chi connectivity index (χ1) is 5.95. The van der Waals surface area contributed by atoms with Crippen molar-refractivity contribution in [2.75, 3.05) is 18.4 Å². The lowest BCUT2D eigenvalue weighted by Gasteiger charge is -2.23. The van der Waals surface area contributed by atoms with Crippen molar-refractivity contribution in [3.63, 3.8) is 0 Å². The van der Waals surface area contributed by atoms with Crippen LogP contribution in [0.3, 0.4) is 0 Å². The molecular weight excluding hydrogens is 188 g/mol. The average Bonchev–Trinajstić information content (AvgIpc) is 2.59. The van der Waals surface area contributed by atoms with Gasteiger partial charge in [-0.2, -0.15) is 0 Å². The number of piperidine rings is 1. The molecule has 0 radical (unpaired) electrons. The van der Waals surface area contributed by atoms with Crippen LogP contribution in [0.5, 0.6) is 0 Å². The van der Waals surface area contributed by atoms with Crippen molar-refractivity contribution in [3.05, 3.63) is 12.4 Å². The minimum absolute atomic E-state index is 0. The number of hydrogen-bond donors (Lipinski definition) is 3. The number of aromatic amines is 1. The van der Waals surface area contributed by atoms with Crippen molar-refractivity contribution >= 4 is 18.4 Å². The summed E-state index contributed by atoms with van der Waals surface area (Å²) >= 11 is 0. The van der Waals surface area contributed by atoms with Gasteiger partial charge in [0, 0.05) is 18.4 Å².